The highest BCUT2D eigenvalue weighted by molar-refractivity contribution is 5.69. The molecular weight excluding hydrogens is 224 g/mol. The summed E-state index contributed by atoms with van der Waals surface area (Å²) in [7, 11) is 0. The van der Waals surface area contributed by atoms with Gasteiger partial charge in [-0.15, -0.1) is 5.92 Å². The minimum absolute atomic E-state index is 0.110. The largest absolute Gasteiger partial charge is 0.452 e. The van der Waals surface area contributed by atoms with E-state index in [1.807, 2.05) is 0 Å². The minimum atomic E-state index is -0.110. The van der Waals surface area contributed by atoms with Crippen LogP contribution in [0.25, 0.3) is 0 Å². The van der Waals surface area contributed by atoms with E-state index in [1.165, 1.54) is 44.9 Å². The van der Waals surface area contributed by atoms with Crippen LogP contribution >= 0.6 is 0 Å². The van der Waals surface area contributed by atoms with Crippen molar-refractivity contribution in [3.8, 4) is 11.8 Å². The molecule has 0 saturated heterocycles. The van der Waals surface area contributed by atoms with Crippen molar-refractivity contribution < 1.29 is 9.53 Å². The molecule has 0 rings (SSSR count). The van der Waals surface area contributed by atoms with Crippen LogP contribution in [0, 0.1) is 11.8 Å². The third-order valence-corrected chi connectivity index (χ3v) is 2.97. The lowest BCUT2D eigenvalue weighted by atomic mass is 10.1. The topological polar surface area (TPSA) is 26.3 Å². The molecule has 0 bridgehead atoms. The minimum Gasteiger partial charge on any atom is -0.452 e. The summed E-state index contributed by atoms with van der Waals surface area (Å²) in [6.07, 6.45) is 11.9. The van der Waals surface area contributed by atoms with Crippen LogP contribution in [0.4, 0.5) is 0 Å². The molecule has 0 radical (unpaired) electrons. The summed E-state index contributed by atoms with van der Waals surface area (Å²) in [6, 6.07) is 0. The van der Waals surface area contributed by atoms with Crippen LogP contribution in [-0.4, -0.2) is 12.6 Å². The molecule has 0 heterocycles. The molecule has 104 valence electrons. The Kier molecular flexibility index (Phi) is 13.3. The lowest BCUT2D eigenvalue weighted by molar-refractivity contribution is -0.142. The standard InChI is InChI=1S/C16H28O2/c1-3-5-7-8-9-10-11-12-13-14-16(17)18-15-6-4-2/h3,5,7-15H2,1-2H3. The van der Waals surface area contributed by atoms with Crippen molar-refractivity contribution in [3.05, 3.63) is 0 Å². The van der Waals surface area contributed by atoms with Crippen LogP contribution in [-0.2, 0) is 9.53 Å². The van der Waals surface area contributed by atoms with Gasteiger partial charge in [-0.2, -0.15) is 0 Å². The maximum absolute atomic E-state index is 11.2. The molecule has 2 nitrogen and oxygen atoms in total. The predicted octanol–water partition coefficient (Wildman–Crippen LogP) is 4.47. The van der Waals surface area contributed by atoms with Crippen molar-refractivity contribution in [2.45, 2.75) is 78.1 Å². The van der Waals surface area contributed by atoms with Gasteiger partial charge < -0.3 is 4.74 Å². The van der Waals surface area contributed by atoms with Gasteiger partial charge in [-0.25, -0.2) is 0 Å². The van der Waals surface area contributed by atoms with E-state index in [0.717, 1.165) is 12.8 Å². The van der Waals surface area contributed by atoms with Crippen LogP contribution in [0.3, 0.4) is 0 Å². The molecular formula is C16H28O2. The highest BCUT2D eigenvalue weighted by Crippen LogP contribution is 2.10. The van der Waals surface area contributed by atoms with Gasteiger partial charge in [-0.3, -0.25) is 4.79 Å². The Labute approximate surface area is 112 Å². The summed E-state index contributed by atoms with van der Waals surface area (Å²) in [5.41, 5.74) is 0. The molecule has 0 fully saturated rings. The number of carbonyl (C=O) groups excluding carboxylic acids is 1. The van der Waals surface area contributed by atoms with Gasteiger partial charge in [0, 0.05) is 6.42 Å². The molecule has 18 heavy (non-hydrogen) atoms. The number of rotatable bonds is 11. The third kappa shape index (κ3) is 13.1. The van der Waals surface area contributed by atoms with E-state index < -0.39 is 0 Å². The van der Waals surface area contributed by atoms with E-state index in [1.54, 1.807) is 6.92 Å². The second-order valence-corrected chi connectivity index (χ2v) is 4.67. The molecule has 0 aromatic carbocycles. The van der Waals surface area contributed by atoms with E-state index >= 15 is 0 Å². The van der Waals surface area contributed by atoms with Crippen LogP contribution in [0.15, 0.2) is 0 Å². The number of esters is 1. The first-order valence-corrected chi connectivity index (χ1v) is 7.36. The molecule has 0 aromatic rings. The second kappa shape index (κ2) is 14.1. The number of hydrogen-bond donors (Lipinski definition) is 0. The van der Waals surface area contributed by atoms with Gasteiger partial charge in [-0.05, 0) is 13.3 Å². The van der Waals surface area contributed by atoms with Crippen LogP contribution in [0.2, 0.25) is 0 Å². The SMILES string of the molecule is CC#CCOC(=O)CCCCCCCCCCC. The molecule has 2 heteroatoms. The van der Waals surface area contributed by atoms with Gasteiger partial charge in [0.25, 0.3) is 0 Å². The maximum Gasteiger partial charge on any atom is 0.306 e. The number of carbonyl (C=O) groups is 1. The fourth-order valence-electron chi connectivity index (χ4n) is 1.84. The Balaban J connectivity index is 3.14. The van der Waals surface area contributed by atoms with Crippen LogP contribution < -0.4 is 0 Å². The maximum atomic E-state index is 11.2. The smallest absolute Gasteiger partial charge is 0.306 e. The summed E-state index contributed by atoms with van der Waals surface area (Å²) >= 11 is 0. The summed E-state index contributed by atoms with van der Waals surface area (Å²) < 4.78 is 4.94. The van der Waals surface area contributed by atoms with Crippen molar-refractivity contribution in [1.29, 1.82) is 0 Å². The first-order valence-electron chi connectivity index (χ1n) is 7.36. The monoisotopic (exact) mass is 252 g/mol. The Hall–Kier alpha value is -0.970. The van der Waals surface area contributed by atoms with Gasteiger partial charge in [-0.1, -0.05) is 64.2 Å². The zero-order valence-corrected chi connectivity index (χ0v) is 12.1. The van der Waals surface area contributed by atoms with Gasteiger partial charge in [0.15, 0.2) is 6.61 Å². The van der Waals surface area contributed by atoms with Crippen LogP contribution in [0.5, 0.6) is 0 Å². The number of unbranched alkanes of at least 4 members (excludes halogenated alkanes) is 8. The average molecular weight is 252 g/mol. The lowest BCUT2D eigenvalue weighted by Gasteiger charge is -2.02. The van der Waals surface area contributed by atoms with Gasteiger partial charge in [0.2, 0.25) is 0 Å². The van der Waals surface area contributed by atoms with Crippen molar-refractivity contribution in [1.82, 2.24) is 0 Å². The Morgan fingerprint density at radius 3 is 2.06 bits per heavy atom. The van der Waals surface area contributed by atoms with Crippen molar-refractivity contribution >= 4 is 5.97 Å². The van der Waals surface area contributed by atoms with Crippen molar-refractivity contribution in [3.63, 3.8) is 0 Å². The first kappa shape index (κ1) is 17.0. The average Bonchev–Trinajstić information content (AvgIpc) is 2.37. The normalized spacial score (nSPS) is 9.67. The van der Waals surface area contributed by atoms with Crippen LogP contribution in [0.1, 0.15) is 78.1 Å². The van der Waals surface area contributed by atoms with Gasteiger partial charge >= 0.3 is 5.97 Å². The third-order valence-electron chi connectivity index (χ3n) is 2.97. The molecule has 0 aliphatic rings. The Bertz CT molecular complexity index is 248. The zero-order valence-electron chi connectivity index (χ0n) is 12.1. The molecule has 0 amide bonds. The summed E-state index contributed by atoms with van der Waals surface area (Å²) in [4.78, 5) is 11.2. The molecule has 0 spiro atoms. The van der Waals surface area contributed by atoms with E-state index in [-0.39, 0.29) is 12.6 Å². The predicted molar refractivity (Wildman–Crippen MR) is 76.3 cm³/mol. The van der Waals surface area contributed by atoms with E-state index in [2.05, 4.69) is 18.8 Å². The van der Waals surface area contributed by atoms with Crippen molar-refractivity contribution in [2.75, 3.05) is 6.61 Å². The van der Waals surface area contributed by atoms with Gasteiger partial charge in [0.05, 0.1) is 0 Å². The number of ether oxygens (including phenoxy) is 1. The van der Waals surface area contributed by atoms with Crippen molar-refractivity contribution in [2.24, 2.45) is 0 Å². The quantitative estimate of drug-likeness (QED) is 0.308. The summed E-state index contributed by atoms with van der Waals surface area (Å²) in [5, 5.41) is 0. The number of hydrogen-bond acceptors (Lipinski definition) is 2. The van der Waals surface area contributed by atoms with E-state index in [4.69, 9.17) is 4.74 Å². The molecule has 0 N–H and O–H groups in total. The Morgan fingerprint density at radius 2 is 1.50 bits per heavy atom. The first-order chi connectivity index (χ1) is 8.81. The Morgan fingerprint density at radius 1 is 0.944 bits per heavy atom. The second-order valence-electron chi connectivity index (χ2n) is 4.67. The zero-order chi connectivity index (χ0) is 13.5. The molecule has 0 aliphatic carbocycles. The van der Waals surface area contributed by atoms with Gasteiger partial charge in [0.1, 0.15) is 0 Å². The summed E-state index contributed by atoms with van der Waals surface area (Å²) in [5.74, 6) is 5.31. The highest BCUT2D eigenvalue weighted by Gasteiger charge is 2.00. The molecule has 0 atom stereocenters. The lowest BCUT2D eigenvalue weighted by Crippen LogP contribution is -2.04. The van der Waals surface area contributed by atoms with E-state index in [9.17, 15) is 4.79 Å². The highest BCUT2D eigenvalue weighted by atomic mass is 16.5. The molecule has 0 aromatic heterocycles. The van der Waals surface area contributed by atoms with E-state index in [0.29, 0.717) is 6.42 Å². The fourth-order valence-corrected chi connectivity index (χ4v) is 1.84. The molecule has 0 saturated carbocycles. The molecule has 0 aliphatic heterocycles. The molecule has 0 unspecified atom stereocenters. The fraction of sp³-hybridized carbons (Fsp3) is 0.812. The summed E-state index contributed by atoms with van der Waals surface area (Å²) in [6.45, 7) is 4.23.